The van der Waals surface area contributed by atoms with Crippen molar-refractivity contribution in [1.29, 1.82) is 0 Å². The normalized spacial score (nSPS) is 11.4. The molecule has 1 rings (SSSR count). The molecule has 120 valence electrons. The van der Waals surface area contributed by atoms with Crippen molar-refractivity contribution in [2.24, 2.45) is 5.73 Å². The lowest BCUT2D eigenvalue weighted by Gasteiger charge is -2.11. The van der Waals surface area contributed by atoms with E-state index in [1.807, 2.05) is 6.92 Å². The third kappa shape index (κ3) is 11.9. The van der Waals surface area contributed by atoms with Crippen LogP contribution in [-0.4, -0.2) is 65.2 Å². The van der Waals surface area contributed by atoms with Gasteiger partial charge in [0.15, 0.2) is 0 Å². The minimum Gasteiger partial charge on any atom is -0.394 e. The highest BCUT2D eigenvalue weighted by Crippen LogP contribution is 1.96. The predicted octanol–water partition coefficient (Wildman–Crippen LogP) is -0.642. The number of hydrogen-bond acceptors (Lipinski definition) is 7. The minimum absolute atomic E-state index is 0.0574. The maximum Gasteiger partial charge on any atom is 0.268 e. The number of carbonyl (C=O) groups excluding carboxylic acids is 1. The zero-order chi connectivity index (χ0) is 15.9. The molecule has 0 radical (unpaired) electrons. The summed E-state index contributed by atoms with van der Waals surface area (Å²) in [7, 11) is 0. The molecule has 0 spiro atoms. The summed E-state index contributed by atoms with van der Waals surface area (Å²) >= 11 is 0. The quantitative estimate of drug-likeness (QED) is 0.517. The molecule has 0 aromatic carbocycles. The van der Waals surface area contributed by atoms with Gasteiger partial charge in [-0.25, -0.2) is 4.98 Å². The number of ether oxygens (including phenoxy) is 2. The molecule has 1 unspecified atom stereocenters. The Labute approximate surface area is 123 Å². The zero-order valence-electron chi connectivity index (χ0n) is 12.1. The first kappa shape index (κ1) is 19.4. The molecule has 0 aliphatic rings. The van der Waals surface area contributed by atoms with E-state index < -0.39 is 5.91 Å². The van der Waals surface area contributed by atoms with Crippen LogP contribution in [-0.2, 0) is 9.47 Å². The number of aliphatic hydroxyl groups is 2. The number of aromatic nitrogens is 2. The van der Waals surface area contributed by atoms with Gasteiger partial charge in [0.2, 0.25) is 0 Å². The van der Waals surface area contributed by atoms with E-state index in [2.05, 4.69) is 9.97 Å². The molecule has 1 aromatic heterocycles. The number of primary amides is 1. The van der Waals surface area contributed by atoms with E-state index in [-0.39, 0.29) is 25.0 Å². The molecule has 1 amide bonds. The van der Waals surface area contributed by atoms with Crippen LogP contribution >= 0.6 is 0 Å². The number of hydrogen-bond donors (Lipinski definition) is 3. The molecule has 21 heavy (non-hydrogen) atoms. The van der Waals surface area contributed by atoms with Crippen LogP contribution in [0.5, 0.6) is 0 Å². The highest BCUT2D eigenvalue weighted by atomic mass is 16.5. The average Bonchev–Trinajstić information content (AvgIpc) is 2.51. The maximum absolute atomic E-state index is 10.3. The van der Waals surface area contributed by atoms with Gasteiger partial charge >= 0.3 is 0 Å². The Hall–Kier alpha value is -1.61. The van der Waals surface area contributed by atoms with Crippen LogP contribution in [0, 0.1) is 0 Å². The summed E-state index contributed by atoms with van der Waals surface area (Å²) in [6, 6.07) is 0. The lowest BCUT2D eigenvalue weighted by Crippen LogP contribution is -2.14. The Morgan fingerprint density at radius 3 is 2.48 bits per heavy atom. The van der Waals surface area contributed by atoms with Gasteiger partial charge in [0.25, 0.3) is 5.91 Å². The Kier molecular flexibility index (Phi) is 12.4. The number of nitrogens with zero attached hydrogens (tertiary/aromatic N) is 2. The largest absolute Gasteiger partial charge is 0.394 e. The van der Waals surface area contributed by atoms with Crippen LogP contribution in [0.4, 0.5) is 0 Å². The molecular weight excluding hydrogens is 278 g/mol. The van der Waals surface area contributed by atoms with E-state index in [4.69, 9.17) is 25.4 Å². The maximum atomic E-state index is 10.3. The van der Waals surface area contributed by atoms with Crippen molar-refractivity contribution in [2.45, 2.75) is 19.4 Å². The van der Waals surface area contributed by atoms with E-state index >= 15 is 0 Å². The first-order valence-corrected chi connectivity index (χ1v) is 6.58. The molecule has 8 heteroatoms. The minimum atomic E-state index is -0.553. The van der Waals surface area contributed by atoms with Crippen molar-refractivity contribution in [3.05, 3.63) is 24.3 Å². The van der Waals surface area contributed by atoms with Crippen LogP contribution in [0.25, 0.3) is 0 Å². The van der Waals surface area contributed by atoms with Gasteiger partial charge in [-0.15, -0.1) is 0 Å². The Morgan fingerprint density at radius 1 is 1.29 bits per heavy atom. The zero-order valence-corrected chi connectivity index (χ0v) is 12.1. The fourth-order valence-corrected chi connectivity index (χ4v) is 1.18. The van der Waals surface area contributed by atoms with Crippen molar-refractivity contribution >= 4 is 5.91 Å². The summed E-state index contributed by atoms with van der Waals surface area (Å²) in [4.78, 5) is 17.6. The summed E-state index contributed by atoms with van der Waals surface area (Å²) < 4.78 is 10.2. The van der Waals surface area contributed by atoms with E-state index in [1.54, 1.807) is 0 Å². The van der Waals surface area contributed by atoms with Gasteiger partial charge in [0.1, 0.15) is 5.69 Å². The number of carbonyl (C=O) groups is 1. The number of aliphatic hydroxyl groups excluding tert-OH is 2. The van der Waals surface area contributed by atoms with Crippen molar-refractivity contribution < 1.29 is 24.5 Å². The first-order valence-electron chi connectivity index (χ1n) is 6.58. The van der Waals surface area contributed by atoms with Crippen molar-refractivity contribution in [3.8, 4) is 0 Å². The summed E-state index contributed by atoms with van der Waals surface area (Å²) in [5.41, 5.74) is 5.06. The van der Waals surface area contributed by atoms with Crippen LogP contribution in [0.3, 0.4) is 0 Å². The monoisotopic (exact) mass is 301 g/mol. The summed E-state index contributed by atoms with van der Waals surface area (Å²) in [5.74, 6) is -0.553. The second-order valence-electron chi connectivity index (χ2n) is 3.98. The van der Waals surface area contributed by atoms with Crippen LogP contribution in [0.2, 0.25) is 0 Å². The molecule has 0 saturated heterocycles. The summed E-state index contributed by atoms with van der Waals surface area (Å²) in [6.45, 7) is 3.40. The lowest BCUT2D eigenvalue weighted by atomic mass is 10.3. The molecule has 0 fully saturated rings. The van der Waals surface area contributed by atoms with Crippen molar-refractivity contribution in [2.75, 3.05) is 33.0 Å². The molecule has 1 aromatic rings. The van der Waals surface area contributed by atoms with Gasteiger partial charge < -0.3 is 25.4 Å². The first-order chi connectivity index (χ1) is 10.1. The second kappa shape index (κ2) is 13.4. The molecule has 0 aliphatic heterocycles. The Bertz CT molecular complexity index is 364. The Balaban J connectivity index is 0.000000394. The van der Waals surface area contributed by atoms with E-state index in [0.717, 1.165) is 6.42 Å². The molecule has 1 heterocycles. The molecule has 1 atom stereocenters. The second-order valence-corrected chi connectivity index (χ2v) is 3.98. The summed E-state index contributed by atoms with van der Waals surface area (Å²) in [5, 5.41) is 16.8. The SMILES string of the molecule is CC(CCOCCO)OCCO.NC(=O)c1cnccn1. The fourth-order valence-electron chi connectivity index (χ4n) is 1.18. The van der Waals surface area contributed by atoms with Crippen molar-refractivity contribution in [3.63, 3.8) is 0 Å². The molecule has 0 saturated carbocycles. The topological polar surface area (TPSA) is 128 Å². The van der Waals surface area contributed by atoms with E-state index in [0.29, 0.717) is 19.8 Å². The Morgan fingerprint density at radius 2 is 2.00 bits per heavy atom. The molecule has 4 N–H and O–H groups in total. The third-order valence-corrected chi connectivity index (χ3v) is 2.21. The lowest BCUT2D eigenvalue weighted by molar-refractivity contribution is 0.0100. The van der Waals surface area contributed by atoms with Gasteiger partial charge in [-0.05, 0) is 13.3 Å². The van der Waals surface area contributed by atoms with Crippen LogP contribution in [0.15, 0.2) is 18.6 Å². The van der Waals surface area contributed by atoms with E-state index in [9.17, 15) is 4.79 Å². The van der Waals surface area contributed by atoms with Gasteiger partial charge in [0.05, 0.1) is 38.7 Å². The standard InChI is InChI=1S/C8H18O4.C5H5N3O/c1-8(12-7-4-10)2-5-11-6-3-9;6-5(9)4-3-7-1-2-8-4/h8-10H,2-7H2,1H3;1-3H,(H2,6,9). The molecular formula is C13H23N3O5. The van der Waals surface area contributed by atoms with Gasteiger partial charge in [-0.2, -0.15) is 0 Å². The summed E-state index contributed by atoms with van der Waals surface area (Å²) in [6.07, 6.45) is 5.12. The smallest absolute Gasteiger partial charge is 0.268 e. The number of nitrogens with two attached hydrogens (primary N) is 1. The van der Waals surface area contributed by atoms with Gasteiger partial charge in [-0.3, -0.25) is 9.78 Å². The molecule has 0 bridgehead atoms. The van der Waals surface area contributed by atoms with Crippen LogP contribution < -0.4 is 5.73 Å². The highest BCUT2D eigenvalue weighted by Gasteiger charge is 2.00. The van der Waals surface area contributed by atoms with Gasteiger partial charge in [-0.1, -0.05) is 0 Å². The van der Waals surface area contributed by atoms with Crippen LogP contribution in [0.1, 0.15) is 23.8 Å². The molecule has 0 aliphatic carbocycles. The highest BCUT2D eigenvalue weighted by molar-refractivity contribution is 5.90. The fraction of sp³-hybridized carbons (Fsp3) is 0.615. The molecule has 8 nitrogen and oxygen atoms in total. The third-order valence-electron chi connectivity index (χ3n) is 2.21. The van der Waals surface area contributed by atoms with Gasteiger partial charge in [0, 0.05) is 19.0 Å². The van der Waals surface area contributed by atoms with Crippen molar-refractivity contribution in [1.82, 2.24) is 9.97 Å². The number of amides is 1. The van der Waals surface area contributed by atoms with E-state index in [1.165, 1.54) is 18.6 Å². The predicted molar refractivity (Wildman–Crippen MR) is 75.6 cm³/mol. The average molecular weight is 301 g/mol. The number of rotatable bonds is 9.